The highest BCUT2D eigenvalue weighted by Gasteiger charge is 2.25. The first-order valence-corrected chi connectivity index (χ1v) is 9.62. The SMILES string of the molecule is Cc1cc(Br)ccc1SCC(=O)N1CCN(C(=O)C(C)C)CC1. The first-order valence-electron chi connectivity index (χ1n) is 7.84. The maximum absolute atomic E-state index is 12.4. The fourth-order valence-electron chi connectivity index (χ4n) is 2.55. The molecule has 0 bridgehead atoms. The summed E-state index contributed by atoms with van der Waals surface area (Å²) >= 11 is 5.03. The van der Waals surface area contributed by atoms with E-state index in [1.807, 2.05) is 42.7 Å². The Labute approximate surface area is 150 Å². The molecule has 0 atom stereocenters. The van der Waals surface area contributed by atoms with Gasteiger partial charge < -0.3 is 9.80 Å². The number of amides is 2. The van der Waals surface area contributed by atoms with Crippen molar-refractivity contribution in [1.82, 2.24) is 9.80 Å². The van der Waals surface area contributed by atoms with E-state index in [0.717, 1.165) is 9.37 Å². The first kappa shape index (κ1) is 18.3. The maximum atomic E-state index is 12.4. The summed E-state index contributed by atoms with van der Waals surface area (Å²) in [5.74, 6) is 0.791. The Kier molecular flexibility index (Phi) is 6.53. The van der Waals surface area contributed by atoms with Gasteiger partial charge in [-0.25, -0.2) is 0 Å². The van der Waals surface area contributed by atoms with Crippen LogP contribution < -0.4 is 0 Å². The summed E-state index contributed by atoms with van der Waals surface area (Å²) in [5, 5.41) is 0. The number of hydrogen-bond donors (Lipinski definition) is 0. The lowest BCUT2D eigenvalue weighted by Crippen LogP contribution is -2.51. The molecule has 2 amide bonds. The summed E-state index contributed by atoms with van der Waals surface area (Å²) in [7, 11) is 0. The molecule has 23 heavy (non-hydrogen) atoms. The van der Waals surface area contributed by atoms with Crippen molar-refractivity contribution in [2.24, 2.45) is 5.92 Å². The molecule has 6 heteroatoms. The number of aryl methyl sites for hydroxylation is 1. The molecule has 0 radical (unpaired) electrons. The van der Waals surface area contributed by atoms with Crippen LogP contribution in [-0.4, -0.2) is 53.5 Å². The zero-order valence-electron chi connectivity index (χ0n) is 13.8. The number of nitrogens with zero attached hydrogens (tertiary/aromatic N) is 2. The Bertz CT molecular complexity index is 584. The fraction of sp³-hybridized carbons (Fsp3) is 0.529. The van der Waals surface area contributed by atoms with Crippen LogP contribution in [0.25, 0.3) is 0 Å². The van der Waals surface area contributed by atoms with Crippen LogP contribution in [0.2, 0.25) is 0 Å². The summed E-state index contributed by atoms with van der Waals surface area (Å²) in [6.45, 7) is 8.44. The Morgan fingerprint density at radius 2 is 1.78 bits per heavy atom. The number of halogens is 1. The number of hydrogen-bond acceptors (Lipinski definition) is 3. The average molecular weight is 399 g/mol. The lowest BCUT2D eigenvalue weighted by atomic mass is 10.1. The van der Waals surface area contributed by atoms with Gasteiger partial charge in [0, 0.05) is 41.5 Å². The van der Waals surface area contributed by atoms with Crippen LogP contribution in [0.5, 0.6) is 0 Å². The van der Waals surface area contributed by atoms with E-state index in [1.54, 1.807) is 11.8 Å². The van der Waals surface area contributed by atoms with Gasteiger partial charge in [-0.3, -0.25) is 9.59 Å². The van der Waals surface area contributed by atoms with Gasteiger partial charge in [0.15, 0.2) is 0 Å². The predicted molar refractivity (Wildman–Crippen MR) is 97.6 cm³/mol. The maximum Gasteiger partial charge on any atom is 0.233 e. The van der Waals surface area contributed by atoms with Gasteiger partial charge in [0.25, 0.3) is 0 Å². The van der Waals surface area contributed by atoms with E-state index < -0.39 is 0 Å². The van der Waals surface area contributed by atoms with Gasteiger partial charge in [0.1, 0.15) is 0 Å². The van der Waals surface area contributed by atoms with Crippen molar-refractivity contribution in [3.8, 4) is 0 Å². The molecule has 0 saturated carbocycles. The van der Waals surface area contributed by atoms with Crippen LogP contribution in [0.4, 0.5) is 0 Å². The van der Waals surface area contributed by atoms with Crippen LogP contribution >= 0.6 is 27.7 Å². The topological polar surface area (TPSA) is 40.6 Å². The number of piperazine rings is 1. The molecule has 0 aliphatic carbocycles. The van der Waals surface area contributed by atoms with E-state index in [-0.39, 0.29) is 17.7 Å². The van der Waals surface area contributed by atoms with Gasteiger partial charge in [0.2, 0.25) is 11.8 Å². The second-order valence-corrected chi connectivity index (χ2v) is 7.99. The molecule has 1 fully saturated rings. The predicted octanol–water partition coefficient (Wildman–Crippen LogP) is 3.18. The molecule has 0 aromatic heterocycles. The van der Waals surface area contributed by atoms with Crippen LogP contribution in [0, 0.1) is 12.8 Å². The molecule has 1 heterocycles. The van der Waals surface area contributed by atoms with Crippen molar-refractivity contribution >= 4 is 39.5 Å². The Hall–Kier alpha value is -1.01. The molecule has 126 valence electrons. The van der Waals surface area contributed by atoms with Crippen molar-refractivity contribution in [3.05, 3.63) is 28.2 Å². The van der Waals surface area contributed by atoms with E-state index >= 15 is 0 Å². The summed E-state index contributed by atoms with van der Waals surface area (Å²) in [6, 6.07) is 6.09. The minimum atomic E-state index is 0.0215. The van der Waals surface area contributed by atoms with Gasteiger partial charge in [-0.2, -0.15) is 0 Å². The highest BCUT2D eigenvalue weighted by molar-refractivity contribution is 9.10. The minimum absolute atomic E-state index is 0.0215. The van der Waals surface area contributed by atoms with Gasteiger partial charge in [-0.15, -0.1) is 11.8 Å². The third kappa shape index (κ3) is 4.98. The van der Waals surface area contributed by atoms with Crippen molar-refractivity contribution in [2.45, 2.75) is 25.7 Å². The number of rotatable bonds is 4. The normalized spacial score (nSPS) is 15.2. The fourth-order valence-corrected chi connectivity index (χ4v) is 3.93. The third-order valence-corrected chi connectivity index (χ3v) is 5.58. The summed E-state index contributed by atoms with van der Waals surface area (Å²) in [4.78, 5) is 29.2. The lowest BCUT2D eigenvalue weighted by molar-refractivity contribution is -0.140. The molecule has 0 unspecified atom stereocenters. The van der Waals surface area contributed by atoms with Gasteiger partial charge >= 0.3 is 0 Å². The van der Waals surface area contributed by atoms with Gasteiger partial charge in [0.05, 0.1) is 5.75 Å². The van der Waals surface area contributed by atoms with E-state index in [1.165, 1.54) is 5.56 Å². The molecule has 1 saturated heterocycles. The van der Waals surface area contributed by atoms with Crippen LogP contribution in [0.15, 0.2) is 27.6 Å². The average Bonchev–Trinajstić information content (AvgIpc) is 2.53. The molecular weight excluding hydrogens is 376 g/mol. The second kappa shape index (κ2) is 8.20. The standard InChI is InChI=1S/C17H23BrN2O2S/c1-12(2)17(22)20-8-6-19(7-9-20)16(21)11-23-15-5-4-14(18)10-13(15)3/h4-5,10,12H,6-9,11H2,1-3H3. The highest BCUT2D eigenvalue weighted by atomic mass is 79.9. The molecule has 0 N–H and O–H groups in total. The Balaban J connectivity index is 1.82. The zero-order chi connectivity index (χ0) is 17.0. The quantitative estimate of drug-likeness (QED) is 0.731. The second-order valence-electron chi connectivity index (χ2n) is 6.06. The van der Waals surface area contributed by atoms with Crippen LogP contribution in [0.3, 0.4) is 0 Å². The smallest absolute Gasteiger partial charge is 0.233 e. The Morgan fingerprint density at radius 1 is 1.17 bits per heavy atom. The number of thioether (sulfide) groups is 1. The van der Waals surface area contributed by atoms with E-state index in [2.05, 4.69) is 22.0 Å². The zero-order valence-corrected chi connectivity index (χ0v) is 16.2. The molecule has 1 aromatic carbocycles. The van der Waals surface area contributed by atoms with Crippen molar-refractivity contribution in [3.63, 3.8) is 0 Å². The van der Waals surface area contributed by atoms with E-state index in [4.69, 9.17) is 0 Å². The molecule has 1 aliphatic heterocycles. The number of carbonyl (C=O) groups is 2. The van der Waals surface area contributed by atoms with Crippen LogP contribution in [-0.2, 0) is 9.59 Å². The monoisotopic (exact) mass is 398 g/mol. The largest absolute Gasteiger partial charge is 0.339 e. The molecule has 2 rings (SSSR count). The summed E-state index contributed by atoms with van der Waals surface area (Å²) < 4.78 is 1.05. The molecule has 1 aliphatic rings. The molecule has 0 spiro atoms. The summed E-state index contributed by atoms with van der Waals surface area (Å²) in [5.41, 5.74) is 1.17. The lowest BCUT2D eigenvalue weighted by Gasteiger charge is -2.35. The number of carbonyl (C=O) groups excluding carboxylic acids is 2. The highest BCUT2D eigenvalue weighted by Crippen LogP contribution is 2.25. The van der Waals surface area contributed by atoms with E-state index in [9.17, 15) is 9.59 Å². The van der Waals surface area contributed by atoms with Gasteiger partial charge in [-0.1, -0.05) is 29.8 Å². The Morgan fingerprint density at radius 3 is 2.35 bits per heavy atom. The third-order valence-electron chi connectivity index (χ3n) is 3.93. The van der Waals surface area contributed by atoms with Crippen LogP contribution in [0.1, 0.15) is 19.4 Å². The molecular formula is C17H23BrN2O2S. The summed E-state index contributed by atoms with van der Waals surface area (Å²) in [6.07, 6.45) is 0. The van der Waals surface area contributed by atoms with E-state index in [0.29, 0.717) is 31.9 Å². The van der Waals surface area contributed by atoms with Crippen molar-refractivity contribution in [2.75, 3.05) is 31.9 Å². The number of benzene rings is 1. The molecule has 1 aromatic rings. The van der Waals surface area contributed by atoms with Gasteiger partial charge in [-0.05, 0) is 30.7 Å². The molecule has 4 nitrogen and oxygen atoms in total. The van der Waals surface area contributed by atoms with Crippen molar-refractivity contribution < 1.29 is 9.59 Å². The van der Waals surface area contributed by atoms with Crippen molar-refractivity contribution in [1.29, 1.82) is 0 Å². The first-order chi connectivity index (χ1) is 10.9. The minimum Gasteiger partial charge on any atom is -0.339 e.